The number of methoxy groups -OCH3 is 1. The van der Waals surface area contributed by atoms with Gasteiger partial charge in [-0.25, -0.2) is 0 Å². The van der Waals surface area contributed by atoms with Crippen molar-refractivity contribution < 1.29 is 24.2 Å². The van der Waals surface area contributed by atoms with E-state index in [9.17, 15) is 9.59 Å². The Bertz CT molecular complexity index is 613. The van der Waals surface area contributed by atoms with Crippen LogP contribution in [-0.2, 0) is 9.59 Å². The minimum Gasteiger partial charge on any atom is -0.493 e. The summed E-state index contributed by atoms with van der Waals surface area (Å²) in [4.78, 5) is 22.9. The third-order valence-corrected chi connectivity index (χ3v) is 4.06. The molecule has 0 bridgehead atoms. The van der Waals surface area contributed by atoms with Crippen molar-refractivity contribution in [1.29, 1.82) is 0 Å². The molecule has 2 rings (SSSR count). The number of carbonyl (C=O) groups excluding carboxylic acids is 1. The Balaban J connectivity index is 2.00. The zero-order chi connectivity index (χ0) is 17.9. The minimum atomic E-state index is -0.906. The second-order valence-corrected chi connectivity index (χ2v) is 6.63. The lowest BCUT2D eigenvalue weighted by Gasteiger charge is -2.18. The predicted molar refractivity (Wildman–Crippen MR) is 89.1 cm³/mol. The summed E-state index contributed by atoms with van der Waals surface area (Å²) >= 11 is 0. The van der Waals surface area contributed by atoms with E-state index in [-0.39, 0.29) is 11.9 Å². The smallest absolute Gasteiger partial charge is 0.307 e. The molecule has 2 N–H and O–H groups in total. The molecule has 6 heteroatoms. The van der Waals surface area contributed by atoms with Gasteiger partial charge >= 0.3 is 5.97 Å². The minimum absolute atomic E-state index is 0.214. The van der Waals surface area contributed by atoms with E-state index in [4.69, 9.17) is 14.6 Å². The van der Waals surface area contributed by atoms with Crippen LogP contribution in [0.3, 0.4) is 0 Å². The highest BCUT2D eigenvalue weighted by Crippen LogP contribution is 2.39. The molecular weight excluding hydrogens is 310 g/mol. The van der Waals surface area contributed by atoms with Gasteiger partial charge in [0.2, 0.25) is 5.91 Å². The molecule has 0 aromatic heterocycles. The van der Waals surface area contributed by atoms with Crippen molar-refractivity contribution in [3.8, 4) is 11.5 Å². The van der Waals surface area contributed by atoms with Crippen molar-refractivity contribution in [3.05, 3.63) is 23.8 Å². The van der Waals surface area contributed by atoms with Crippen LogP contribution < -0.4 is 14.8 Å². The molecule has 1 aromatic carbocycles. The largest absolute Gasteiger partial charge is 0.493 e. The van der Waals surface area contributed by atoms with Gasteiger partial charge in [0, 0.05) is 0 Å². The molecule has 1 amide bonds. The normalized spacial score (nSPS) is 20.4. The van der Waals surface area contributed by atoms with Gasteiger partial charge in [-0.3, -0.25) is 9.59 Å². The monoisotopic (exact) mass is 335 g/mol. The van der Waals surface area contributed by atoms with E-state index in [0.717, 1.165) is 5.56 Å². The molecule has 3 unspecified atom stereocenters. The average Bonchev–Trinajstić information content (AvgIpc) is 3.33. The second-order valence-electron chi connectivity index (χ2n) is 6.63. The number of carboxylic acids is 1. The van der Waals surface area contributed by atoms with E-state index in [2.05, 4.69) is 19.2 Å². The maximum absolute atomic E-state index is 12.1. The Labute approximate surface area is 142 Å². The lowest BCUT2D eigenvalue weighted by molar-refractivity contribution is -0.140. The molecule has 0 heterocycles. The second kappa shape index (κ2) is 7.55. The van der Waals surface area contributed by atoms with E-state index in [1.54, 1.807) is 7.11 Å². The van der Waals surface area contributed by atoms with Gasteiger partial charge in [0.25, 0.3) is 0 Å². The van der Waals surface area contributed by atoms with Gasteiger partial charge in [0.05, 0.1) is 31.6 Å². The van der Waals surface area contributed by atoms with Gasteiger partial charge in [0.15, 0.2) is 11.5 Å². The van der Waals surface area contributed by atoms with Crippen LogP contribution in [-0.4, -0.2) is 30.7 Å². The fourth-order valence-corrected chi connectivity index (χ4v) is 2.49. The van der Waals surface area contributed by atoms with E-state index in [0.29, 0.717) is 30.4 Å². The molecule has 1 aliphatic carbocycles. The Kier molecular flexibility index (Phi) is 5.70. The van der Waals surface area contributed by atoms with Gasteiger partial charge < -0.3 is 19.9 Å². The summed E-state index contributed by atoms with van der Waals surface area (Å²) in [6.07, 6.45) is 0.416. The quantitative estimate of drug-likeness (QED) is 0.763. The molecular formula is C18H25NO5. The van der Waals surface area contributed by atoms with Gasteiger partial charge in [-0.15, -0.1) is 0 Å². The molecule has 132 valence electrons. The standard InChI is InChI=1S/C18H25NO5/c1-10(2)9-24-15-6-5-12(7-16(15)23-4)11(3)19-17(20)13-8-14(13)18(21)22/h5-7,10-11,13-14H,8-9H2,1-4H3,(H,19,20)(H,21,22). The summed E-state index contributed by atoms with van der Waals surface area (Å²) in [6, 6.07) is 5.31. The number of ether oxygens (including phenoxy) is 2. The Morgan fingerprint density at radius 2 is 1.96 bits per heavy atom. The fourth-order valence-electron chi connectivity index (χ4n) is 2.49. The number of carbonyl (C=O) groups is 2. The molecule has 1 aliphatic rings. The van der Waals surface area contributed by atoms with E-state index in [1.807, 2.05) is 25.1 Å². The molecule has 0 spiro atoms. The van der Waals surface area contributed by atoms with Gasteiger partial charge in [-0.1, -0.05) is 19.9 Å². The third kappa shape index (κ3) is 4.40. The molecule has 1 fully saturated rings. The van der Waals surface area contributed by atoms with Crippen LogP contribution in [0.25, 0.3) is 0 Å². The predicted octanol–water partition coefficient (Wildman–Crippen LogP) is 2.63. The summed E-state index contributed by atoms with van der Waals surface area (Å²) in [7, 11) is 1.58. The average molecular weight is 335 g/mol. The van der Waals surface area contributed by atoms with Crippen LogP contribution in [0.15, 0.2) is 18.2 Å². The number of rotatable bonds is 8. The first kappa shape index (κ1) is 18.1. The number of hydrogen-bond acceptors (Lipinski definition) is 4. The molecule has 0 saturated heterocycles. The maximum atomic E-state index is 12.1. The lowest BCUT2D eigenvalue weighted by Crippen LogP contribution is -2.29. The van der Waals surface area contributed by atoms with E-state index >= 15 is 0 Å². The SMILES string of the molecule is COc1cc(C(C)NC(=O)C2CC2C(=O)O)ccc1OCC(C)C. The number of carboxylic acid groups (broad SMARTS) is 1. The number of hydrogen-bond donors (Lipinski definition) is 2. The van der Waals surface area contributed by atoms with Crippen molar-refractivity contribution in [2.45, 2.75) is 33.2 Å². The summed E-state index contributed by atoms with van der Waals surface area (Å²) < 4.78 is 11.1. The Morgan fingerprint density at radius 3 is 2.50 bits per heavy atom. The van der Waals surface area contributed by atoms with E-state index < -0.39 is 17.8 Å². The fraction of sp³-hybridized carbons (Fsp3) is 0.556. The number of nitrogens with one attached hydrogen (secondary N) is 1. The van der Waals surface area contributed by atoms with Crippen molar-refractivity contribution in [2.24, 2.45) is 17.8 Å². The Morgan fingerprint density at radius 1 is 1.25 bits per heavy atom. The molecule has 0 aliphatic heterocycles. The van der Waals surface area contributed by atoms with Crippen molar-refractivity contribution >= 4 is 11.9 Å². The molecule has 1 aromatic rings. The topological polar surface area (TPSA) is 84.9 Å². The zero-order valence-corrected chi connectivity index (χ0v) is 14.5. The van der Waals surface area contributed by atoms with Crippen LogP contribution in [0.4, 0.5) is 0 Å². The lowest BCUT2D eigenvalue weighted by atomic mass is 10.1. The molecule has 6 nitrogen and oxygen atoms in total. The molecule has 0 radical (unpaired) electrons. The van der Waals surface area contributed by atoms with Crippen molar-refractivity contribution in [2.75, 3.05) is 13.7 Å². The first-order valence-electron chi connectivity index (χ1n) is 8.17. The highest BCUT2D eigenvalue weighted by atomic mass is 16.5. The number of benzene rings is 1. The van der Waals surface area contributed by atoms with Crippen LogP contribution in [0.1, 0.15) is 38.8 Å². The van der Waals surface area contributed by atoms with Gasteiger partial charge in [0.1, 0.15) is 0 Å². The summed E-state index contributed by atoms with van der Waals surface area (Å²) in [6.45, 7) is 6.60. The maximum Gasteiger partial charge on any atom is 0.307 e. The Hall–Kier alpha value is -2.24. The molecule has 3 atom stereocenters. The highest BCUT2D eigenvalue weighted by molar-refractivity contribution is 5.89. The first-order valence-corrected chi connectivity index (χ1v) is 8.17. The molecule has 1 saturated carbocycles. The van der Waals surface area contributed by atoms with Crippen LogP contribution in [0.5, 0.6) is 11.5 Å². The van der Waals surface area contributed by atoms with Crippen LogP contribution in [0, 0.1) is 17.8 Å². The summed E-state index contributed by atoms with van der Waals surface area (Å²) in [5.74, 6) is -0.386. The summed E-state index contributed by atoms with van der Waals surface area (Å²) in [5, 5.41) is 11.8. The van der Waals surface area contributed by atoms with Crippen LogP contribution >= 0.6 is 0 Å². The van der Waals surface area contributed by atoms with E-state index in [1.165, 1.54) is 0 Å². The number of amides is 1. The van der Waals surface area contributed by atoms with Crippen molar-refractivity contribution in [1.82, 2.24) is 5.32 Å². The zero-order valence-electron chi connectivity index (χ0n) is 14.5. The van der Waals surface area contributed by atoms with Gasteiger partial charge in [-0.05, 0) is 37.0 Å². The van der Waals surface area contributed by atoms with Gasteiger partial charge in [-0.2, -0.15) is 0 Å². The molecule has 24 heavy (non-hydrogen) atoms. The van der Waals surface area contributed by atoms with Crippen molar-refractivity contribution in [3.63, 3.8) is 0 Å². The summed E-state index contributed by atoms with van der Waals surface area (Å²) in [5.41, 5.74) is 0.879. The van der Waals surface area contributed by atoms with Crippen LogP contribution in [0.2, 0.25) is 0 Å². The highest BCUT2D eigenvalue weighted by Gasteiger charge is 2.48. The third-order valence-electron chi connectivity index (χ3n) is 4.06. The number of aliphatic carboxylic acids is 1. The first-order chi connectivity index (χ1) is 11.3.